The second-order valence-electron chi connectivity index (χ2n) is 3.44. The molecule has 0 fully saturated rings. The quantitative estimate of drug-likeness (QED) is 0.666. The first kappa shape index (κ1) is 8.93. The minimum atomic E-state index is -1.88. The van der Waals surface area contributed by atoms with Crippen molar-refractivity contribution in [1.29, 1.82) is 0 Å². The predicted molar refractivity (Wildman–Crippen MR) is 53.6 cm³/mol. The summed E-state index contributed by atoms with van der Waals surface area (Å²) in [4.78, 5) is 0. The fourth-order valence-corrected chi connectivity index (χ4v) is 4.64. The van der Waals surface area contributed by atoms with E-state index >= 15 is 0 Å². The van der Waals surface area contributed by atoms with Gasteiger partial charge in [-0.25, -0.2) is 0 Å². The van der Waals surface area contributed by atoms with Gasteiger partial charge in [0.1, 0.15) is 0 Å². The van der Waals surface area contributed by atoms with Crippen molar-refractivity contribution < 1.29 is 8.85 Å². The molecule has 2 rings (SSSR count). The molecule has 0 amide bonds. The Morgan fingerprint density at radius 1 is 1.00 bits per heavy atom. The Morgan fingerprint density at radius 2 is 1.46 bits per heavy atom. The first-order valence-electron chi connectivity index (χ1n) is 4.47. The number of fused-ring (bicyclic) bond motifs is 1. The lowest BCUT2D eigenvalue weighted by Gasteiger charge is -2.21. The van der Waals surface area contributed by atoms with Crippen LogP contribution in [-0.4, -0.2) is 22.8 Å². The Bertz CT molecular complexity index is 281. The van der Waals surface area contributed by atoms with Gasteiger partial charge in [0.25, 0.3) is 0 Å². The first-order chi connectivity index (χ1) is 6.29. The van der Waals surface area contributed by atoms with E-state index in [1.165, 1.54) is 11.1 Å². The summed E-state index contributed by atoms with van der Waals surface area (Å²) in [5.74, 6) is 0. The lowest BCUT2D eigenvalue weighted by atomic mass is 10.1. The van der Waals surface area contributed by atoms with Crippen molar-refractivity contribution in [1.82, 2.24) is 0 Å². The molecule has 0 atom stereocenters. The maximum Gasteiger partial charge on any atom is 0.346 e. The normalized spacial score (nSPS) is 18.6. The Balaban J connectivity index is 2.30. The maximum absolute atomic E-state index is 5.55. The van der Waals surface area contributed by atoms with Crippen molar-refractivity contribution in [2.75, 3.05) is 14.2 Å². The van der Waals surface area contributed by atoms with Gasteiger partial charge in [-0.1, -0.05) is 24.3 Å². The summed E-state index contributed by atoms with van der Waals surface area (Å²) in [5.41, 5.74) is 2.80. The van der Waals surface area contributed by atoms with E-state index in [0.717, 1.165) is 12.1 Å². The van der Waals surface area contributed by atoms with Crippen molar-refractivity contribution in [3.63, 3.8) is 0 Å². The van der Waals surface area contributed by atoms with Gasteiger partial charge in [-0.15, -0.1) is 0 Å². The molecule has 0 aromatic heterocycles. The second kappa shape index (κ2) is 3.25. The molecule has 1 aromatic rings. The zero-order chi connectivity index (χ0) is 9.31. The molecule has 70 valence electrons. The van der Waals surface area contributed by atoms with E-state index in [1.54, 1.807) is 14.2 Å². The Kier molecular flexibility index (Phi) is 2.23. The molecule has 3 heteroatoms. The molecule has 0 saturated carbocycles. The van der Waals surface area contributed by atoms with Crippen LogP contribution in [0.4, 0.5) is 0 Å². The van der Waals surface area contributed by atoms with Crippen LogP contribution in [0.1, 0.15) is 11.1 Å². The van der Waals surface area contributed by atoms with Crippen molar-refractivity contribution in [3.8, 4) is 0 Å². The molecular formula is C10H14O2Si. The van der Waals surface area contributed by atoms with Crippen LogP contribution in [0, 0.1) is 0 Å². The zero-order valence-electron chi connectivity index (χ0n) is 8.04. The zero-order valence-corrected chi connectivity index (χ0v) is 9.04. The van der Waals surface area contributed by atoms with E-state index in [1.807, 2.05) is 0 Å². The lowest BCUT2D eigenvalue weighted by molar-refractivity contribution is 0.244. The molecule has 2 nitrogen and oxygen atoms in total. The Labute approximate surface area is 79.7 Å². The van der Waals surface area contributed by atoms with Crippen LogP contribution in [-0.2, 0) is 20.9 Å². The van der Waals surface area contributed by atoms with Gasteiger partial charge in [-0.05, 0) is 11.1 Å². The average molecular weight is 194 g/mol. The molecule has 1 aliphatic heterocycles. The number of hydrogen-bond donors (Lipinski definition) is 0. The average Bonchev–Trinajstić information content (AvgIpc) is 2.57. The Hall–Kier alpha value is -0.643. The summed E-state index contributed by atoms with van der Waals surface area (Å²) in [5, 5.41) is 0. The third-order valence-electron chi connectivity index (χ3n) is 2.78. The van der Waals surface area contributed by atoms with Gasteiger partial charge in [0.15, 0.2) is 0 Å². The fraction of sp³-hybridized carbons (Fsp3) is 0.400. The molecule has 13 heavy (non-hydrogen) atoms. The van der Waals surface area contributed by atoms with Gasteiger partial charge in [0, 0.05) is 26.3 Å². The minimum Gasteiger partial charge on any atom is -0.397 e. The SMILES string of the molecule is CO[Si]1(OC)Cc2ccccc2C1. The molecule has 0 radical (unpaired) electrons. The third kappa shape index (κ3) is 1.43. The van der Waals surface area contributed by atoms with E-state index in [0.29, 0.717) is 0 Å². The molecule has 1 aromatic carbocycles. The van der Waals surface area contributed by atoms with E-state index in [4.69, 9.17) is 8.85 Å². The maximum atomic E-state index is 5.55. The van der Waals surface area contributed by atoms with Crippen molar-refractivity contribution in [2.24, 2.45) is 0 Å². The monoisotopic (exact) mass is 194 g/mol. The van der Waals surface area contributed by atoms with Gasteiger partial charge in [-0.2, -0.15) is 0 Å². The van der Waals surface area contributed by atoms with Crippen molar-refractivity contribution in [3.05, 3.63) is 35.4 Å². The van der Waals surface area contributed by atoms with Gasteiger partial charge in [0.05, 0.1) is 0 Å². The molecule has 0 unspecified atom stereocenters. The van der Waals surface area contributed by atoms with Crippen molar-refractivity contribution >= 4 is 8.56 Å². The topological polar surface area (TPSA) is 18.5 Å². The highest BCUT2D eigenvalue weighted by Gasteiger charge is 2.42. The molecule has 1 heterocycles. The largest absolute Gasteiger partial charge is 0.397 e. The summed E-state index contributed by atoms with van der Waals surface area (Å²) in [6, 6.07) is 10.5. The third-order valence-corrected chi connectivity index (χ3v) is 6.11. The summed E-state index contributed by atoms with van der Waals surface area (Å²) >= 11 is 0. The summed E-state index contributed by atoms with van der Waals surface area (Å²) in [6.07, 6.45) is 0. The highest BCUT2D eigenvalue weighted by Crippen LogP contribution is 2.28. The number of benzene rings is 1. The second-order valence-corrected chi connectivity index (χ2v) is 6.79. The van der Waals surface area contributed by atoms with E-state index in [-0.39, 0.29) is 0 Å². The van der Waals surface area contributed by atoms with Crippen LogP contribution in [0.25, 0.3) is 0 Å². The van der Waals surface area contributed by atoms with Crippen LogP contribution in [0.3, 0.4) is 0 Å². The molecule has 0 aliphatic carbocycles. The van der Waals surface area contributed by atoms with Crippen LogP contribution >= 0.6 is 0 Å². The van der Waals surface area contributed by atoms with Gasteiger partial charge >= 0.3 is 8.56 Å². The predicted octanol–water partition coefficient (Wildman–Crippen LogP) is 1.60. The number of hydrogen-bond acceptors (Lipinski definition) is 2. The first-order valence-corrected chi connectivity index (χ1v) is 6.70. The van der Waals surface area contributed by atoms with Gasteiger partial charge in [-0.3, -0.25) is 0 Å². The molecule has 0 bridgehead atoms. The molecule has 1 aliphatic rings. The van der Waals surface area contributed by atoms with Crippen LogP contribution in [0.15, 0.2) is 24.3 Å². The molecule has 0 saturated heterocycles. The molecule has 0 N–H and O–H groups in total. The van der Waals surface area contributed by atoms with Crippen LogP contribution < -0.4 is 0 Å². The standard InChI is InChI=1S/C10H14O2Si/c1-11-13(12-2)7-9-5-3-4-6-10(9)8-13/h3-6H,7-8H2,1-2H3. The van der Waals surface area contributed by atoms with Crippen LogP contribution in [0.2, 0.25) is 0 Å². The highest BCUT2D eigenvalue weighted by molar-refractivity contribution is 6.67. The van der Waals surface area contributed by atoms with E-state index in [2.05, 4.69) is 24.3 Å². The fourth-order valence-electron chi connectivity index (χ4n) is 1.92. The lowest BCUT2D eigenvalue weighted by Crippen LogP contribution is -2.41. The van der Waals surface area contributed by atoms with E-state index in [9.17, 15) is 0 Å². The Morgan fingerprint density at radius 3 is 1.85 bits per heavy atom. The summed E-state index contributed by atoms with van der Waals surface area (Å²) in [7, 11) is 1.65. The summed E-state index contributed by atoms with van der Waals surface area (Å²) in [6.45, 7) is 0. The summed E-state index contributed by atoms with van der Waals surface area (Å²) < 4.78 is 11.1. The molecule has 0 spiro atoms. The van der Waals surface area contributed by atoms with Crippen molar-refractivity contribution in [2.45, 2.75) is 12.1 Å². The molecular weight excluding hydrogens is 180 g/mol. The van der Waals surface area contributed by atoms with Gasteiger partial charge in [0.2, 0.25) is 0 Å². The minimum absolute atomic E-state index is 0.996. The highest BCUT2D eigenvalue weighted by atomic mass is 28.4. The van der Waals surface area contributed by atoms with Gasteiger partial charge < -0.3 is 8.85 Å². The van der Waals surface area contributed by atoms with Crippen LogP contribution in [0.5, 0.6) is 0 Å². The number of rotatable bonds is 2. The smallest absolute Gasteiger partial charge is 0.346 e. The van der Waals surface area contributed by atoms with E-state index < -0.39 is 8.56 Å².